The third-order valence-electron chi connectivity index (χ3n) is 1.49. The molecule has 0 rings (SSSR count). The Hall–Kier alpha value is 0.274. The lowest BCUT2D eigenvalue weighted by Crippen LogP contribution is -2.46. The van der Waals surface area contributed by atoms with Crippen LogP contribution in [0.25, 0.3) is 0 Å². The van der Waals surface area contributed by atoms with Crippen molar-refractivity contribution in [2.45, 2.75) is 20.0 Å². The Morgan fingerprint density at radius 2 is 1.92 bits per heavy atom. The van der Waals surface area contributed by atoms with E-state index < -0.39 is 18.1 Å². The maximum atomic E-state index is 5.59. The van der Waals surface area contributed by atoms with E-state index in [-0.39, 0.29) is 0 Å². The number of hydrogen-bond acceptors (Lipinski definition) is 4. The van der Waals surface area contributed by atoms with Crippen LogP contribution in [0.15, 0.2) is 0 Å². The predicted octanol–water partition coefficient (Wildman–Crippen LogP) is 0.751. The molecule has 74 valence electrons. The van der Waals surface area contributed by atoms with Crippen molar-refractivity contribution in [2.75, 3.05) is 20.8 Å². The van der Waals surface area contributed by atoms with Gasteiger partial charge in [-0.2, -0.15) is 0 Å². The molecular formula is C6H18O4Si2. The van der Waals surface area contributed by atoms with Crippen LogP contribution in [0.4, 0.5) is 0 Å². The van der Waals surface area contributed by atoms with Crippen LogP contribution in [-0.2, 0) is 17.4 Å². The highest BCUT2D eigenvalue weighted by Crippen LogP contribution is 2.09. The minimum Gasteiger partial charge on any atom is -0.400 e. The van der Waals surface area contributed by atoms with E-state index in [1.54, 1.807) is 14.2 Å². The standard InChI is InChI=1S/C6H18O4Si2/c1-6-9-12(5,8-3)10-11(4)7-2/h11H,6H2,1-5H3. The number of rotatable bonds is 6. The molecule has 2 unspecified atom stereocenters. The fourth-order valence-electron chi connectivity index (χ4n) is 0.753. The first kappa shape index (κ1) is 12.3. The van der Waals surface area contributed by atoms with E-state index in [1.807, 2.05) is 20.0 Å². The molecule has 0 radical (unpaired) electrons. The minimum absolute atomic E-state index is 0.612. The monoisotopic (exact) mass is 210 g/mol. The van der Waals surface area contributed by atoms with Gasteiger partial charge in [-0.1, -0.05) is 0 Å². The van der Waals surface area contributed by atoms with Crippen molar-refractivity contribution in [3.63, 3.8) is 0 Å². The highest BCUT2D eigenvalue weighted by molar-refractivity contribution is 6.67. The van der Waals surface area contributed by atoms with Gasteiger partial charge in [0.2, 0.25) is 0 Å². The van der Waals surface area contributed by atoms with Crippen LogP contribution in [0.5, 0.6) is 0 Å². The Morgan fingerprint density at radius 1 is 1.33 bits per heavy atom. The van der Waals surface area contributed by atoms with Crippen LogP contribution in [0.1, 0.15) is 6.92 Å². The van der Waals surface area contributed by atoms with Crippen molar-refractivity contribution in [1.29, 1.82) is 0 Å². The normalized spacial score (nSPS) is 18.8. The second kappa shape index (κ2) is 5.84. The van der Waals surface area contributed by atoms with Gasteiger partial charge < -0.3 is 17.4 Å². The van der Waals surface area contributed by atoms with Crippen LogP contribution < -0.4 is 0 Å². The Kier molecular flexibility index (Phi) is 5.97. The summed E-state index contributed by atoms with van der Waals surface area (Å²) in [5, 5.41) is 0. The molecule has 12 heavy (non-hydrogen) atoms. The van der Waals surface area contributed by atoms with Gasteiger partial charge in [0.15, 0.2) is 0 Å². The third-order valence-corrected chi connectivity index (χ3v) is 6.75. The molecule has 0 aromatic rings. The van der Waals surface area contributed by atoms with Crippen LogP contribution in [0.3, 0.4) is 0 Å². The lowest BCUT2D eigenvalue weighted by molar-refractivity contribution is 0.132. The van der Waals surface area contributed by atoms with Crippen LogP contribution in [0, 0.1) is 0 Å². The first-order valence-corrected chi connectivity index (χ1v) is 8.30. The third kappa shape index (κ3) is 4.34. The largest absolute Gasteiger partial charge is 0.488 e. The molecule has 6 heteroatoms. The van der Waals surface area contributed by atoms with E-state index in [9.17, 15) is 0 Å². The molecule has 4 nitrogen and oxygen atoms in total. The molecule has 0 saturated carbocycles. The summed E-state index contributed by atoms with van der Waals surface area (Å²) in [4.78, 5) is 0. The molecule has 0 bridgehead atoms. The zero-order valence-corrected chi connectivity index (χ0v) is 10.6. The minimum atomic E-state index is -2.37. The van der Waals surface area contributed by atoms with Gasteiger partial charge in [0.1, 0.15) is 0 Å². The Balaban J connectivity index is 3.94. The first-order valence-electron chi connectivity index (χ1n) is 3.97. The highest BCUT2D eigenvalue weighted by Gasteiger charge is 2.35. The molecule has 0 amide bonds. The molecule has 2 atom stereocenters. The van der Waals surface area contributed by atoms with Crippen molar-refractivity contribution in [1.82, 2.24) is 0 Å². The average molecular weight is 210 g/mol. The topological polar surface area (TPSA) is 36.9 Å². The maximum Gasteiger partial charge on any atom is 0.488 e. The van der Waals surface area contributed by atoms with Gasteiger partial charge in [-0.3, -0.25) is 0 Å². The van der Waals surface area contributed by atoms with E-state index in [1.165, 1.54) is 0 Å². The van der Waals surface area contributed by atoms with Crippen LogP contribution in [-0.4, -0.2) is 38.9 Å². The summed E-state index contributed by atoms with van der Waals surface area (Å²) in [6.07, 6.45) is 0. The fraction of sp³-hybridized carbons (Fsp3) is 1.00. The zero-order valence-electron chi connectivity index (χ0n) is 8.42. The Morgan fingerprint density at radius 3 is 2.25 bits per heavy atom. The van der Waals surface area contributed by atoms with Crippen molar-refractivity contribution < 1.29 is 17.4 Å². The number of hydrogen-bond donors (Lipinski definition) is 0. The predicted molar refractivity (Wildman–Crippen MR) is 51.4 cm³/mol. The van der Waals surface area contributed by atoms with E-state index in [2.05, 4.69) is 0 Å². The molecule has 0 heterocycles. The summed E-state index contributed by atoms with van der Waals surface area (Å²) >= 11 is 0. The maximum absolute atomic E-state index is 5.59. The molecule has 0 aromatic carbocycles. The molecule has 0 saturated heterocycles. The highest BCUT2D eigenvalue weighted by atomic mass is 28.4. The lowest BCUT2D eigenvalue weighted by atomic mass is 10.9. The summed E-state index contributed by atoms with van der Waals surface area (Å²) < 4.78 is 21.3. The van der Waals surface area contributed by atoms with E-state index in [0.717, 1.165) is 0 Å². The Bertz CT molecular complexity index is 124. The van der Waals surface area contributed by atoms with E-state index in [0.29, 0.717) is 6.61 Å². The fourth-order valence-corrected chi connectivity index (χ4v) is 4.85. The van der Waals surface area contributed by atoms with Crippen LogP contribution >= 0.6 is 0 Å². The van der Waals surface area contributed by atoms with Gasteiger partial charge in [0.05, 0.1) is 0 Å². The molecule has 0 fully saturated rings. The SMILES string of the molecule is CCO[Si](C)(OC)O[SiH](C)OC. The molecule has 0 aromatic heterocycles. The van der Waals surface area contributed by atoms with Gasteiger partial charge >= 0.3 is 18.1 Å². The zero-order chi connectivity index (χ0) is 9.61. The average Bonchev–Trinajstić information content (AvgIpc) is 2.05. The lowest BCUT2D eigenvalue weighted by Gasteiger charge is -2.26. The molecule has 0 aliphatic rings. The van der Waals surface area contributed by atoms with Crippen molar-refractivity contribution in [3.05, 3.63) is 0 Å². The van der Waals surface area contributed by atoms with Crippen LogP contribution in [0.2, 0.25) is 13.1 Å². The van der Waals surface area contributed by atoms with E-state index in [4.69, 9.17) is 17.4 Å². The van der Waals surface area contributed by atoms with Crippen molar-refractivity contribution >= 4 is 18.1 Å². The van der Waals surface area contributed by atoms with E-state index >= 15 is 0 Å². The molecule has 0 aliphatic carbocycles. The van der Waals surface area contributed by atoms with Gasteiger partial charge in [0, 0.05) is 27.4 Å². The Labute approximate surface area is 77.0 Å². The summed E-state index contributed by atoms with van der Waals surface area (Å²) in [7, 11) is -0.659. The van der Waals surface area contributed by atoms with Gasteiger partial charge in [-0.05, 0) is 13.5 Å². The molecule has 0 N–H and O–H groups in total. The molecule has 0 aliphatic heterocycles. The quantitative estimate of drug-likeness (QED) is 0.606. The van der Waals surface area contributed by atoms with Gasteiger partial charge in [-0.15, -0.1) is 0 Å². The smallest absolute Gasteiger partial charge is 0.400 e. The second-order valence-electron chi connectivity index (χ2n) is 2.42. The second-order valence-corrected chi connectivity index (χ2v) is 7.39. The summed E-state index contributed by atoms with van der Waals surface area (Å²) in [5.41, 5.74) is 0. The molecule has 0 spiro atoms. The van der Waals surface area contributed by atoms with Crippen molar-refractivity contribution in [2.24, 2.45) is 0 Å². The first-order chi connectivity index (χ1) is 5.58. The van der Waals surface area contributed by atoms with Gasteiger partial charge in [0.25, 0.3) is 0 Å². The summed E-state index contributed by atoms with van der Waals surface area (Å²) in [6, 6.07) is 0. The summed E-state index contributed by atoms with van der Waals surface area (Å²) in [6.45, 7) is 6.36. The summed E-state index contributed by atoms with van der Waals surface area (Å²) in [5.74, 6) is 0. The van der Waals surface area contributed by atoms with Crippen molar-refractivity contribution in [3.8, 4) is 0 Å². The molecular weight excluding hydrogens is 192 g/mol. The van der Waals surface area contributed by atoms with Gasteiger partial charge in [-0.25, -0.2) is 0 Å².